The number of hydrogen-bond acceptors (Lipinski definition) is 2. The molecule has 2 aromatic carbocycles. The molecular weight excluding hydrogens is 355 g/mol. The van der Waals surface area contributed by atoms with Crippen molar-refractivity contribution in [3.8, 4) is 0 Å². The van der Waals surface area contributed by atoms with E-state index < -0.39 is 11.7 Å². The van der Waals surface area contributed by atoms with Crippen LogP contribution < -0.4 is 5.73 Å². The molecule has 0 spiro atoms. The van der Waals surface area contributed by atoms with Crippen molar-refractivity contribution in [3.05, 3.63) is 69.5 Å². The van der Waals surface area contributed by atoms with Gasteiger partial charge in [-0.15, -0.1) is 0 Å². The summed E-state index contributed by atoms with van der Waals surface area (Å²) < 4.78 is 14.1. The molecule has 1 aliphatic heterocycles. The zero-order valence-electron chi connectivity index (χ0n) is 14.5. The van der Waals surface area contributed by atoms with Crippen LogP contribution in [0.5, 0.6) is 0 Å². The largest absolute Gasteiger partial charge is 0.366 e. The Bertz CT molecular complexity index is 869. The van der Waals surface area contributed by atoms with E-state index in [1.54, 1.807) is 36.1 Å². The van der Waals surface area contributed by atoms with Gasteiger partial charge in [-0.1, -0.05) is 29.8 Å². The lowest BCUT2D eigenvalue weighted by Crippen LogP contribution is -2.30. The predicted molar refractivity (Wildman–Crippen MR) is 98.8 cm³/mol. The van der Waals surface area contributed by atoms with Crippen molar-refractivity contribution in [3.63, 3.8) is 0 Å². The number of halogens is 2. The Labute approximate surface area is 156 Å². The van der Waals surface area contributed by atoms with E-state index in [-0.39, 0.29) is 22.4 Å². The van der Waals surface area contributed by atoms with Crippen molar-refractivity contribution < 1.29 is 14.0 Å². The molecule has 0 unspecified atom stereocenters. The zero-order chi connectivity index (χ0) is 18.8. The first-order chi connectivity index (χ1) is 12.4. The molecule has 2 N–H and O–H groups in total. The number of likely N-dealkylation sites (tertiary alicyclic amines) is 1. The van der Waals surface area contributed by atoms with Crippen molar-refractivity contribution in [2.75, 3.05) is 13.1 Å². The van der Waals surface area contributed by atoms with Gasteiger partial charge in [-0.3, -0.25) is 9.59 Å². The molecule has 26 heavy (non-hydrogen) atoms. The van der Waals surface area contributed by atoms with Crippen LogP contribution >= 0.6 is 11.6 Å². The lowest BCUT2D eigenvalue weighted by molar-refractivity contribution is 0.0782. The fourth-order valence-electron chi connectivity index (χ4n) is 3.38. The van der Waals surface area contributed by atoms with Gasteiger partial charge in [0, 0.05) is 18.7 Å². The molecule has 2 amide bonds. The first-order valence-electron chi connectivity index (χ1n) is 8.49. The lowest BCUT2D eigenvalue weighted by Gasteiger charge is -2.18. The molecule has 136 valence electrons. The number of carbonyl (C=O) groups excluding carboxylic acids is 2. The maximum absolute atomic E-state index is 14.1. The molecule has 6 heteroatoms. The summed E-state index contributed by atoms with van der Waals surface area (Å²) in [5.74, 6) is -1.18. The summed E-state index contributed by atoms with van der Waals surface area (Å²) in [4.78, 5) is 25.7. The molecular formula is C20H20ClFN2O2. The normalized spacial score (nSPS) is 16.7. The minimum Gasteiger partial charge on any atom is -0.366 e. The number of carbonyl (C=O) groups is 2. The average molecular weight is 375 g/mol. The van der Waals surface area contributed by atoms with Crippen LogP contribution in [0.3, 0.4) is 0 Å². The van der Waals surface area contributed by atoms with E-state index in [1.807, 2.05) is 6.07 Å². The molecule has 2 aromatic rings. The van der Waals surface area contributed by atoms with E-state index in [9.17, 15) is 14.0 Å². The van der Waals surface area contributed by atoms with E-state index in [0.29, 0.717) is 24.2 Å². The average Bonchev–Trinajstić information content (AvgIpc) is 3.07. The SMILES string of the molecule is Cc1ccc(F)c(C(=O)N2CC[C@H](Cc3cccc(C(N)=O)c3)C2)c1Cl. The number of nitrogens with two attached hydrogens (primary N) is 1. The Morgan fingerprint density at radius 2 is 2.08 bits per heavy atom. The number of benzene rings is 2. The Balaban J connectivity index is 1.71. The number of hydrogen-bond donors (Lipinski definition) is 1. The van der Waals surface area contributed by atoms with Crippen molar-refractivity contribution in [2.24, 2.45) is 11.7 Å². The van der Waals surface area contributed by atoms with Crippen LogP contribution in [0.4, 0.5) is 4.39 Å². The van der Waals surface area contributed by atoms with E-state index in [4.69, 9.17) is 17.3 Å². The fraction of sp³-hybridized carbons (Fsp3) is 0.300. The molecule has 0 aliphatic carbocycles. The first-order valence-corrected chi connectivity index (χ1v) is 8.87. The number of primary amides is 1. The van der Waals surface area contributed by atoms with Gasteiger partial charge in [-0.25, -0.2) is 4.39 Å². The molecule has 1 fully saturated rings. The fourth-order valence-corrected chi connectivity index (χ4v) is 3.61. The third-order valence-electron chi connectivity index (χ3n) is 4.81. The van der Waals surface area contributed by atoms with Crippen LogP contribution in [-0.4, -0.2) is 29.8 Å². The summed E-state index contributed by atoms with van der Waals surface area (Å²) in [6.07, 6.45) is 1.55. The molecule has 0 saturated carbocycles. The molecule has 0 aromatic heterocycles. The van der Waals surface area contributed by atoms with Crippen LogP contribution in [0.2, 0.25) is 5.02 Å². The van der Waals surface area contributed by atoms with Crippen LogP contribution in [0.25, 0.3) is 0 Å². The van der Waals surface area contributed by atoms with E-state index in [0.717, 1.165) is 18.4 Å². The molecule has 1 aliphatic rings. The minimum absolute atomic E-state index is 0.0527. The Hall–Kier alpha value is -2.40. The van der Waals surface area contributed by atoms with Crippen LogP contribution in [-0.2, 0) is 6.42 Å². The van der Waals surface area contributed by atoms with Gasteiger partial charge in [-0.05, 0) is 55.0 Å². The maximum atomic E-state index is 14.1. The second kappa shape index (κ2) is 7.46. The van der Waals surface area contributed by atoms with Crippen molar-refractivity contribution >= 4 is 23.4 Å². The zero-order valence-corrected chi connectivity index (χ0v) is 15.2. The Morgan fingerprint density at radius 1 is 1.31 bits per heavy atom. The molecule has 1 atom stereocenters. The number of aryl methyl sites for hydroxylation is 1. The Kier molecular flexibility index (Phi) is 5.28. The summed E-state index contributed by atoms with van der Waals surface area (Å²) in [6, 6.07) is 10.0. The summed E-state index contributed by atoms with van der Waals surface area (Å²) in [5, 5.41) is 0.174. The highest BCUT2D eigenvalue weighted by atomic mass is 35.5. The van der Waals surface area contributed by atoms with Gasteiger partial charge in [0.2, 0.25) is 5.91 Å². The molecule has 0 radical (unpaired) electrons. The highest BCUT2D eigenvalue weighted by Crippen LogP contribution is 2.28. The maximum Gasteiger partial charge on any atom is 0.258 e. The summed E-state index contributed by atoms with van der Waals surface area (Å²) in [5.41, 5.74) is 7.42. The summed E-state index contributed by atoms with van der Waals surface area (Å²) in [7, 11) is 0. The van der Waals surface area contributed by atoms with Crippen LogP contribution in [0.15, 0.2) is 36.4 Å². The monoisotopic (exact) mass is 374 g/mol. The van der Waals surface area contributed by atoms with E-state index in [2.05, 4.69) is 0 Å². The summed E-state index contributed by atoms with van der Waals surface area (Å²) in [6.45, 7) is 2.84. The third-order valence-corrected chi connectivity index (χ3v) is 5.29. The number of amides is 2. The number of rotatable bonds is 4. The smallest absolute Gasteiger partial charge is 0.258 e. The van der Waals surface area contributed by atoms with Gasteiger partial charge in [0.05, 0.1) is 10.6 Å². The molecule has 3 rings (SSSR count). The first kappa shape index (κ1) is 18.4. The molecule has 1 heterocycles. The predicted octanol–water partition coefficient (Wildman–Crippen LogP) is 3.59. The highest BCUT2D eigenvalue weighted by Gasteiger charge is 2.30. The lowest BCUT2D eigenvalue weighted by atomic mass is 9.97. The van der Waals surface area contributed by atoms with Gasteiger partial charge in [0.15, 0.2) is 0 Å². The van der Waals surface area contributed by atoms with Gasteiger partial charge >= 0.3 is 0 Å². The van der Waals surface area contributed by atoms with Crippen molar-refractivity contribution in [1.82, 2.24) is 4.90 Å². The van der Waals surface area contributed by atoms with Gasteiger partial charge < -0.3 is 10.6 Å². The van der Waals surface area contributed by atoms with Crippen LogP contribution in [0.1, 0.15) is 38.3 Å². The van der Waals surface area contributed by atoms with Crippen molar-refractivity contribution in [2.45, 2.75) is 19.8 Å². The van der Waals surface area contributed by atoms with Gasteiger partial charge in [-0.2, -0.15) is 0 Å². The minimum atomic E-state index is -0.594. The standard InChI is InChI=1S/C20H20ClFN2O2/c1-12-5-6-16(22)17(18(12)21)20(26)24-8-7-14(11-24)9-13-3-2-4-15(10-13)19(23)25/h2-6,10,14H,7-9,11H2,1H3,(H2,23,25)/t14-/m1/s1. The van der Waals surface area contributed by atoms with Gasteiger partial charge in [0.1, 0.15) is 5.82 Å². The molecule has 4 nitrogen and oxygen atoms in total. The second-order valence-corrected chi connectivity index (χ2v) is 7.11. The van der Waals surface area contributed by atoms with Crippen LogP contribution in [0, 0.1) is 18.7 Å². The topological polar surface area (TPSA) is 63.4 Å². The Morgan fingerprint density at radius 3 is 2.81 bits per heavy atom. The molecule has 1 saturated heterocycles. The number of nitrogens with zero attached hydrogens (tertiary/aromatic N) is 1. The summed E-state index contributed by atoms with van der Waals surface area (Å²) >= 11 is 6.15. The molecule has 0 bridgehead atoms. The van der Waals surface area contributed by atoms with E-state index in [1.165, 1.54) is 6.07 Å². The van der Waals surface area contributed by atoms with Gasteiger partial charge in [0.25, 0.3) is 5.91 Å². The van der Waals surface area contributed by atoms with E-state index >= 15 is 0 Å². The van der Waals surface area contributed by atoms with Crippen molar-refractivity contribution in [1.29, 1.82) is 0 Å². The third kappa shape index (κ3) is 3.73. The second-order valence-electron chi connectivity index (χ2n) is 6.73. The quantitative estimate of drug-likeness (QED) is 0.888. The highest BCUT2D eigenvalue weighted by molar-refractivity contribution is 6.34.